The van der Waals surface area contributed by atoms with Crippen molar-refractivity contribution < 1.29 is 14.6 Å². The van der Waals surface area contributed by atoms with Gasteiger partial charge in [-0.05, 0) is 72.6 Å². The predicted octanol–water partition coefficient (Wildman–Crippen LogP) is 4.06. The second kappa shape index (κ2) is 6.66. The first-order valence-corrected chi connectivity index (χ1v) is 10.4. The summed E-state index contributed by atoms with van der Waals surface area (Å²) < 4.78 is 11.1. The van der Waals surface area contributed by atoms with Gasteiger partial charge in [0.15, 0.2) is 11.5 Å². The first-order chi connectivity index (χ1) is 12.7. The van der Waals surface area contributed by atoms with E-state index in [0.717, 1.165) is 43.9 Å². The molecule has 0 amide bonds. The average Bonchev–Trinajstić information content (AvgIpc) is 3.02. The average molecular weight is 374 g/mol. The van der Waals surface area contributed by atoms with Gasteiger partial charge in [0.2, 0.25) is 6.79 Å². The summed E-state index contributed by atoms with van der Waals surface area (Å²) in [7, 11) is 2.19. The standard InChI is InChI=1S/C23H35NO3/c1-22(2,17-6-7-19-20(10-17)27-14-26-19)13-23(3,4)18-8-15-11-24(5)12-16(9-18)21(15)25/h6-7,10,15-16,18,21,25H,8-9,11-14H2,1-5H3/t15-,16+,18?,21?. The number of rotatable bonds is 4. The highest BCUT2D eigenvalue weighted by Gasteiger charge is 2.46. The van der Waals surface area contributed by atoms with Crippen LogP contribution in [-0.4, -0.2) is 43.0 Å². The minimum Gasteiger partial charge on any atom is -0.454 e. The molecule has 2 heterocycles. The van der Waals surface area contributed by atoms with Gasteiger partial charge in [-0.3, -0.25) is 0 Å². The maximum atomic E-state index is 10.6. The van der Waals surface area contributed by atoms with E-state index in [4.69, 9.17) is 9.47 Å². The number of fused-ring (bicyclic) bond motifs is 3. The minimum atomic E-state index is -0.102. The molecule has 2 aliphatic heterocycles. The Morgan fingerprint density at radius 2 is 1.67 bits per heavy atom. The van der Waals surface area contributed by atoms with Crippen molar-refractivity contribution in [1.29, 1.82) is 0 Å². The van der Waals surface area contributed by atoms with E-state index in [0.29, 0.717) is 24.5 Å². The SMILES string of the molecule is CN1C[C@H]2CC(C(C)(C)CC(C)(C)c3ccc4c(c3)OCO4)C[C@@H](C1)C2O. The number of nitrogens with zero attached hydrogens (tertiary/aromatic N) is 1. The van der Waals surface area contributed by atoms with Gasteiger partial charge < -0.3 is 19.5 Å². The monoisotopic (exact) mass is 373 g/mol. The Morgan fingerprint density at radius 1 is 1.04 bits per heavy atom. The third-order valence-electron chi connectivity index (χ3n) is 7.39. The van der Waals surface area contributed by atoms with Crippen molar-refractivity contribution in [2.45, 2.75) is 58.5 Å². The molecule has 0 spiro atoms. The largest absolute Gasteiger partial charge is 0.454 e. The van der Waals surface area contributed by atoms with Gasteiger partial charge in [0.25, 0.3) is 0 Å². The van der Waals surface area contributed by atoms with Crippen LogP contribution in [0.4, 0.5) is 0 Å². The Hall–Kier alpha value is -1.26. The number of aliphatic hydroxyl groups excluding tert-OH is 1. The van der Waals surface area contributed by atoms with Gasteiger partial charge in [0, 0.05) is 13.1 Å². The zero-order chi connectivity index (χ0) is 19.4. The fraction of sp³-hybridized carbons (Fsp3) is 0.739. The lowest BCUT2D eigenvalue weighted by Gasteiger charge is -2.51. The molecule has 150 valence electrons. The van der Waals surface area contributed by atoms with Gasteiger partial charge in [-0.2, -0.15) is 0 Å². The summed E-state index contributed by atoms with van der Waals surface area (Å²) in [4.78, 5) is 2.40. The van der Waals surface area contributed by atoms with Crippen LogP contribution >= 0.6 is 0 Å². The van der Waals surface area contributed by atoms with Crippen molar-refractivity contribution in [1.82, 2.24) is 4.90 Å². The van der Waals surface area contributed by atoms with Crippen LogP contribution in [0.25, 0.3) is 0 Å². The Kier molecular flexibility index (Phi) is 4.71. The van der Waals surface area contributed by atoms with Gasteiger partial charge in [0.1, 0.15) is 0 Å². The molecule has 2 bridgehead atoms. The molecule has 1 saturated carbocycles. The quantitative estimate of drug-likeness (QED) is 0.864. The Labute approximate surface area is 163 Å². The number of piperidine rings is 1. The molecular weight excluding hydrogens is 338 g/mol. The number of ether oxygens (including phenoxy) is 2. The van der Waals surface area contributed by atoms with Crippen molar-refractivity contribution in [3.63, 3.8) is 0 Å². The van der Waals surface area contributed by atoms with Crippen molar-refractivity contribution >= 4 is 0 Å². The molecule has 1 N–H and O–H groups in total. The maximum absolute atomic E-state index is 10.6. The van der Waals surface area contributed by atoms with E-state index in [-0.39, 0.29) is 16.9 Å². The van der Waals surface area contributed by atoms with Gasteiger partial charge in [0.05, 0.1) is 6.10 Å². The van der Waals surface area contributed by atoms with Gasteiger partial charge >= 0.3 is 0 Å². The summed E-state index contributed by atoms with van der Waals surface area (Å²) in [6.07, 6.45) is 3.31. The molecule has 4 heteroatoms. The Morgan fingerprint density at radius 3 is 2.33 bits per heavy atom. The minimum absolute atomic E-state index is 0.0619. The second-order valence-corrected chi connectivity index (χ2v) is 10.5. The van der Waals surface area contributed by atoms with Gasteiger partial charge in [-0.1, -0.05) is 33.8 Å². The predicted molar refractivity (Wildman–Crippen MR) is 107 cm³/mol. The van der Waals surface area contributed by atoms with E-state index < -0.39 is 0 Å². The highest BCUT2D eigenvalue weighted by atomic mass is 16.7. The van der Waals surface area contributed by atoms with Crippen LogP contribution < -0.4 is 9.47 Å². The summed E-state index contributed by atoms with van der Waals surface area (Å²) in [5, 5.41) is 10.6. The number of hydrogen-bond acceptors (Lipinski definition) is 4. The number of hydrogen-bond donors (Lipinski definition) is 1. The summed E-state index contributed by atoms with van der Waals surface area (Å²) in [5.74, 6) is 3.25. The Bertz CT molecular complexity index is 683. The molecule has 1 saturated heterocycles. The molecule has 4 atom stereocenters. The topological polar surface area (TPSA) is 41.9 Å². The molecule has 27 heavy (non-hydrogen) atoms. The first kappa shape index (κ1) is 19.1. The lowest BCUT2D eigenvalue weighted by atomic mass is 9.58. The highest BCUT2D eigenvalue weighted by Crippen LogP contribution is 2.50. The summed E-state index contributed by atoms with van der Waals surface area (Å²) in [6.45, 7) is 12.0. The molecule has 4 rings (SSSR count). The smallest absolute Gasteiger partial charge is 0.231 e. The van der Waals surface area contributed by atoms with Crippen molar-refractivity contribution in [2.75, 3.05) is 26.9 Å². The Balaban J connectivity index is 1.50. The molecule has 2 fully saturated rings. The molecule has 4 nitrogen and oxygen atoms in total. The number of benzene rings is 1. The van der Waals surface area contributed by atoms with Crippen LogP contribution in [0.2, 0.25) is 0 Å². The van der Waals surface area contributed by atoms with Crippen LogP contribution in [0.3, 0.4) is 0 Å². The molecule has 1 aromatic rings. The summed E-state index contributed by atoms with van der Waals surface area (Å²) in [5.41, 5.74) is 1.61. The lowest BCUT2D eigenvalue weighted by molar-refractivity contribution is -0.0820. The molecular formula is C23H35NO3. The number of likely N-dealkylation sites (tertiary alicyclic amines) is 1. The molecule has 1 aliphatic carbocycles. The van der Waals surface area contributed by atoms with Crippen molar-refractivity contribution in [2.24, 2.45) is 23.2 Å². The van der Waals surface area contributed by atoms with E-state index in [9.17, 15) is 5.11 Å². The molecule has 0 radical (unpaired) electrons. The fourth-order valence-corrected chi connectivity index (χ4v) is 6.07. The second-order valence-electron chi connectivity index (χ2n) is 10.5. The summed E-state index contributed by atoms with van der Waals surface area (Å²) in [6, 6.07) is 6.40. The van der Waals surface area contributed by atoms with Crippen LogP contribution in [-0.2, 0) is 5.41 Å². The fourth-order valence-electron chi connectivity index (χ4n) is 6.07. The normalized spacial score (nSPS) is 31.2. The van der Waals surface area contributed by atoms with Crippen LogP contribution in [0, 0.1) is 23.2 Å². The van der Waals surface area contributed by atoms with Crippen molar-refractivity contribution in [3.05, 3.63) is 23.8 Å². The van der Waals surface area contributed by atoms with E-state index in [1.165, 1.54) is 5.56 Å². The van der Waals surface area contributed by atoms with E-state index in [1.54, 1.807) is 0 Å². The zero-order valence-electron chi connectivity index (χ0n) is 17.5. The highest BCUT2D eigenvalue weighted by molar-refractivity contribution is 5.46. The molecule has 3 aliphatic rings. The van der Waals surface area contributed by atoms with Gasteiger partial charge in [-0.25, -0.2) is 0 Å². The van der Waals surface area contributed by atoms with E-state index in [2.05, 4.69) is 51.8 Å². The maximum Gasteiger partial charge on any atom is 0.231 e. The third-order valence-corrected chi connectivity index (χ3v) is 7.39. The van der Waals surface area contributed by atoms with Crippen LogP contribution in [0.5, 0.6) is 11.5 Å². The molecule has 0 aromatic heterocycles. The molecule has 2 unspecified atom stereocenters. The van der Waals surface area contributed by atoms with E-state index in [1.807, 2.05) is 6.07 Å². The lowest BCUT2D eigenvalue weighted by Crippen LogP contribution is -2.54. The molecule has 1 aromatic carbocycles. The van der Waals surface area contributed by atoms with Gasteiger partial charge in [-0.15, -0.1) is 0 Å². The van der Waals surface area contributed by atoms with E-state index >= 15 is 0 Å². The zero-order valence-corrected chi connectivity index (χ0v) is 17.5. The van der Waals surface area contributed by atoms with Crippen molar-refractivity contribution in [3.8, 4) is 11.5 Å². The summed E-state index contributed by atoms with van der Waals surface area (Å²) >= 11 is 0. The van der Waals surface area contributed by atoms with Crippen LogP contribution in [0.15, 0.2) is 18.2 Å². The number of aliphatic hydroxyl groups is 1. The first-order valence-electron chi connectivity index (χ1n) is 10.4. The third kappa shape index (κ3) is 3.58. The van der Waals surface area contributed by atoms with Crippen LogP contribution in [0.1, 0.15) is 52.5 Å².